The van der Waals surface area contributed by atoms with Crippen LogP contribution in [-0.2, 0) is 0 Å². The molecule has 1 saturated carbocycles. The molecule has 0 aliphatic heterocycles. The monoisotopic (exact) mass is 421 g/mol. The minimum absolute atomic E-state index is 0.0810. The van der Waals surface area contributed by atoms with Gasteiger partial charge in [-0.15, -0.1) is 0 Å². The lowest BCUT2D eigenvalue weighted by Crippen LogP contribution is -2.25. The van der Waals surface area contributed by atoms with Gasteiger partial charge >= 0.3 is 0 Å². The van der Waals surface area contributed by atoms with Crippen molar-refractivity contribution in [2.75, 3.05) is 11.1 Å². The molecule has 7 nitrogen and oxygen atoms in total. The van der Waals surface area contributed by atoms with E-state index in [9.17, 15) is 9.50 Å². The maximum Gasteiger partial charge on any atom is 0.207 e. The van der Waals surface area contributed by atoms with Crippen molar-refractivity contribution in [2.45, 2.75) is 38.1 Å². The minimum atomic E-state index is -0.827. The number of aromatic hydroxyl groups is 1. The lowest BCUT2D eigenvalue weighted by Gasteiger charge is -2.24. The fraction of sp³-hybridized carbons (Fsp3) is 0.261. The third-order valence-electron chi connectivity index (χ3n) is 5.39. The van der Waals surface area contributed by atoms with Gasteiger partial charge in [0.2, 0.25) is 5.82 Å². The largest absolute Gasteiger partial charge is 0.505 e. The van der Waals surface area contributed by atoms with Crippen LogP contribution in [0.25, 0.3) is 0 Å². The maximum atomic E-state index is 14.0. The van der Waals surface area contributed by atoms with Crippen molar-refractivity contribution < 1.29 is 14.2 Å². The van der Waals surface area contributed by atoms with Gasteiger partial charge in [0, 0.05) is 11.6 Å². The van der Waals surface area contributed by atoms with Crippen LogP contribution in [0.5, 0.6) is 17.2 Å². The van der Waals surface area contributed by atoms with Crippen molar-refractivity contribution in [3.05, 3.63) is 65.7 Å². The number of anilines is 2. The molecular formula is C23H24FN5O2. The van der Waals surface area contributed by atoms with Gasteiger partial charge in [0.15, 0.2) is 11.5 Å². The fourth-order valence-electron chi connectivity index (χ4n) is 3.73. The standard InChI is InChI=1S/C23H24FN5O2/c24-20-17(30)7-4-8-18(20)31-16-11-9-14(10-12-16)21(25)19-22(26)27-13-28-23(19)29-15-5-2-1-3-6-15/h4,7-13,15,25,30H,1-3,5-6H2,(H3,26,27,28,29). The van der Waals surface area contributed by atoms with E-state index in [2.05, 4.69) is 15.3 Å². The van der Waals surface area contributed by atoms with Gasteiger partial charge in [0.25, 0.3) is 0 Å². The summed E-state index contributed by atoms with van der Waals surface area (Å²) in [5.74, 6) is -0.214. The number of nitrogens with one attached hydrogen (secondary N) is 2. The first-order chi connectivity index (χ1) is 15.0. The molecule has 0 atom stereocenters. The van der Waals surface area contributed by atoms with Gasteiger partial charge in [-0.25, -0.2) is 9.97 Å². The van der Waals surface area contributed by atoms with Gasteiger partial charge in [0.1, 0.15) is 23.7 Å². The average Bonchev–Trinajstić information content (AvgIpc) is 2.78. The molecule has 0 spiro atoms. The van der Waals surface area contributed by atoms with Gasteiger partial charge in [-0.2, -0.15) is 4.39 Å². The van der Waals surface area contributed by atoms with E-state index in [1.807, 2.05) is 0 Å². The van der Waals surface area contributed by atoms with Gasteiger partial charge in [-0.1, -0.05) is 25.3 Å². The van der Waals surface area contributed by atoms with Gasteiger partial charge in [-0.05, 0) is 49.2 Å². The van der Waals surface area contributed by atoms with Crippen LogP contribution in [0, 0.1) is 11.2 Å². The highest BCUT2D eigenvalue weighted by molar-refractivity contribution is 6.16. The number of benzene rings is 2. The molecule has 0 saturated heterocycles. The zero-order valence-electron chi connectivity index (χ0n) is 16.9. The smallest absolute Gasteiger partial charge is 0.207 e. The predicted octanol–water partition coefficient (Wildman–Crippen LogP) is 4.86. The van der Waals surface area contributed by atoms with Crippen molar-refractivity contribution in [1.82, 2.24) is 9.97 Å². The number of phenols is 1. The van der Waals surface area contributed by atoms with Crippen LogP contribution in [0.3, 0.4) is 0 Å². The van der Waals surface area contributed by atoms with Crippen LogP contribution in [0.15, 0.2) is 48.8 Å². The quantitative estimate of drug-likeness (QED) is 0.423. The molecule has 0 radical (unpaired) electrons. The Morgan fingerprint density at radius 1 is 1.10 bits per heavy atom. The number of hydrogen-bond acceptors (Lipinski definition) is 7. The highest BCUT2D eigenvalue weighted by Crippen LogP contribution is 2.30. The lowest BCUT2D eigenvalue weighted by molar-refractivity contribution is 0.395. The van der Waals surface area contributed by atoms with Crippen LogP contribution < -0.4 is 15.8 Å². The molecule has 4 rings (SSSR count). The van der Waals surface area contributed by atoms with Crippen LogP contribution in [0.1, 0.15) is 43.2 Å². The summed E-state index contributed by atoms with van der Waals surface area (Å²) in [6.45, 7) is 0. The summed E-state index contributed by atoms with van der Waals surface area (Å²) in [5.41, 5.74) is 7.35. The lowest BCUT2D eigenvalue weighted by atomic mass is 9.95. The Labute approximate surface area is 179 Å². The third-order valence-corrected chi connectivity index (χ3v) is 5.39. The number of nitrogen functional groups attached to an aromatic ring is 1. The summed E-state index contributed by atoms with van der Waals surface area (Å²) in [6.07, 6.45) is 7.12. The van der Waals surface area contributed by atoms with E-state index >= 15 is 0 Å². The average molecular weight is 421 g/mol. The predicted molar refractivity (Wildman–Crippen MR) is 117 cm³/mol. The highest BCUT2D eigenvalue weighted by atomic mass is 19.1. The molecule has 0 unspecified atom stereocenters. The number of aromatic nitrogens is 2. The summed E-state index contributed by atoms with van der Waals surface area (Å²) in [4.78, 5) is 8.41. The SMILES string of the molecule is N=C(c1ccc(Oc2cccc(O)c2F)cc1)c1c(N)ncnc1NC1CCCCC1. The fourth-order valence-corrected chi connectivity index (χ4v) is 3.73. The van der Waals surface area contributed by atoms with Crippen LogP contribution in [0.2, 0.25) is 0 Å². The van der Waals surface area contributed by atoms with E-state index in [1.54, 1.807) is 24.3 Å². The molecule has 8 heteroatoms. The third kappa shape index (κ3) is 4.58. The topological polar surface area (TPSA) is 117 Å². The van der Waals surface area contributed by atoms with E-state index in [4.69, 9.17) is 15.9 Å². The molecule has 1 aliphatic carbocycles. The van der Waals surface area contributed by atoms with E-state index in [0.717, 1.165) is 12.8 Å². The van der Waals surface area contributed by atoms with Crippen LogP contribution in [-0.4, -0.2) is 26.8 Å². The molecule has 5 N–H and O–H groups in total. The molecule has 3 aromatic rings. The maximum absolute atomic E-state index is 14.0. The molecule has 160 valence electrons. The Kier molecular flexibility index (Phi) is 5.97. The molecule has 2 aromatic carbocycles. The van der Waals surface area contributed by atoms with Crippen molar-refractivity contribution in [3.8, 4) is 17.2 Å². The van der Waals surface area contributed by atoms with Crippen molar-refractivity contribution in [1.29, 1.82) is 5.41 Å². The summed E-state index contributed by atoms with van der Waals surface area (Å²) in [6, 6.07) is 11.1. The first-order valence-corrected chi connectivity index (χ1v) is 10.2. The molecular weight excluding hydrogens is 397 g/mol. The highest BCUT2D eigenvalue weighted by Gasteiger charge is 2.20. The number of rotatable bonds is 6. The number of nitrogens with zero attached hydrogens (tertiary/aromatic N) is 2. The molecule has 0 amide bonds. The van der Waals surface area contributed by atoms with Crippen LogP contribution >= 0.6 is 0 Å². The van der Waals surface area contributed by atoms with Gasteiger partial charge in [-0.3, -0.25) is 5.41 Å². The molecule has 0 bridgehead atoms. The van der Waals surface area contributed by atoms with E-state index < -0.39 is 11.6 Å². The van der Waals surface area contributed by atoms with Gasteiger partial charge in [0.05, 0.1) is 11.3 Å². The minimum Gasteiger partial charge on any atom is -0.505 e. The van der Waals surface area contributed by atoms with Crippen molar-refractivity contribution in [3.63, 3.8) is 0 Å². The summed E-state index contributed by atoms with van der Waals surface area (Å²) in [5, 5.41) is 21.6. The number of hydrogen-bond donors (Lipinski definition) is 4. The summed E-state index contributed by atoms with van der Waals surface area (Å²) < 4.78 is 19.5. The Morgan fingerprint density at radius 2 is 1.84 bits per heavy atom. The Morgan fingerprint density at radius 3 is 2.58 bits per heavy atom. The number of halogens is 1. The van der Waals surface area contributed by atoms with Gasteiger partial charge < -0.3 is 20.9 Å². The molecule has 1 fully saturated rings. The van der Waals surface area contributed by atoms with E-state index in [0.29, 0.717) is 28.7 Å². The Bertz CT molecular complexity index is 1080. The zero-order chi connectivity index (χ0) is 21.8. The van der Waals surface area contributed by atoms with E-state index in [1.165, 1.54) is 43.8 Å². The first kappa shape index (κ1) is 20.6. The number of ether oxygens (including phenoxy) is 1. The number of phenolic OH excluding ortho intramolecular Hbond substituents is 1. The molecule has 1 heterocycles. The first-order valence-electron chi connectivity index (χ1n) is 10.2. The molecule has 1 aromatic heterocycles. The number of nitrogens with two attached hydrogens (primary N) is 1. The Hall–Kier alpha value is -3.68. The summed E-state index contributed by atoms with van der Waals surface area (Å²) >= 11 is 0. The second-order valence-corrected chi connectivity index (χ2v) is 7.55. The normalized spacial score (nSPS) is 14.2. The zero-order valence-corrected chi connectivity index (χ0v) is 16.9. The second kappa shape index (κ2) is 8.99. The summed E-state index contributed by atoms with van der Waals surface area (Å²) in [7, 11) is 0. The van der Waals surface area contributed by atoms with E-state index in [-0.39, 0.29) is 17.3 Å². The Balaban J connectivity index is 1.55. The molecule has 31 heavy (non-hydrogen) atoms. The van der Waals surface area contributed by atoms with Crippen LogP contribution in [0.4, 0.5) is 16.0 Å². The second-order valence-electron chi connectivity index (χ2n) is 7.55. The molecule has 1 aliphatic rings. The van der Waals surface area contributed by atoms with Crippen molar-refractivity contribution >= 4 is 17.3 Å². The van der Waals surface area contributed by atoms with Crippen molar-refractivity contribution in [2.24, 2.45) is 0 Å².